The van der Waals surface area contributed by atoms with Crippen LogP contribution < -0.4 is 14.8 Å². The first-order valence-corrected chi connectivity index (χ1v) is 12.3. The molecule has 1 N–H and O–H groups in total. The highest BCUT2D eigenvalue weighted by molar-refractivity contribution is 7.18. The van der Waals surface area contributed by atoms with Crippen molar-refractivity contribution in [3.8, 4) is 11.5 Å². The van der Waals surface area contributed by atoms with Gasteiger partial charge >= 0.3 is 0 Å². The Bertz CT molecular complexity index is 1190. The van der Waals surface area contributed by atoms with E-state index in [9.17, 15) is 4.79 Å². The summed E-state index contributed by atoms with van der Waals surface area (Å²) in [6.45, 7) is 2.41. The smallest absolute Gasteiger partial charge is 0.220 e. The molecule has 0 spiro atoms. The molecule has 0 saturated heterocycles. The van der Waals surface area contributed by atoms with E-state index in [2.05, 4.69) is 21.4 Å². The van der Waals surface area contributed by atoms with Crippen LogP contribution in [0.4, 0.5) is 0 Å². The van der Waals surface area contributed by atoms with Gasteiger partial charge in [0.2, 0.25) is 5.91 Å². The normalized spacial score (nSPS) is 11.8. The predicted molar refractivity (Wildman–Crippen MR) is 135 cm³/mol. The molecule has 1 unspecified atom stereocenters. The first-order valence-electron chi connectivity index (χ1n) is 11.5. The second kappa shape index (κ2) is 11.6. The summed E-state index contributed by atoms with van der Waals surface area (Å²) in [5, 5.41) is 4.22. The van der Waals surface area contributed by atoms with Crippen LogP contribution in [0, 0.1) is 0 Å². The molecule has 1 amide bonds. The Morgan fingerprint density at radius 2 is 1.88 bits per heavy atom. The second-order valence-corrected chi connectivity index (χ2v) is 9.24. The lowest BCUT2D eigenvalue weighted by Crippen LogP contribution is -2.26. The fraction of sp³-hybridized carbons (Fsp3) is 0.296. The lowest BCUT2D eigenvalue weighted by Gasteiger charge is -2.17. The Balaban J connectivity index is 1.24. The van der Waals surface area contributed by atoms with Crippen molar-refractivity contribution in [1.29, 1.82) is 0 Å². The number of aryl methyl sites for hydroxylation is 1. The molecule has 176 valence electrons. The number of fused-ring (bicyclic) bond motifs is 1. The van der Waals surface area contributed by atoms with E-state index in [1.807, 2.05) is 55.5 Å². The average molecular weight is 476 g/mol. The molecule has 2 heterocycles. The number of rotatable bonds is 11. The van der Waals surface area contributed by atoms with Gasteiger partial charge in [-0.1, -0.05) is 18.2 Å². The van der Waals surface area contributed by atoms with Gasteiger partial charge in [-0.3, -0.25) is 9.78 Å². The van der Waals surface area contributed by atoms with Crippen LogP contribution in [0.3, 0.4) is 0 Å². The van der Waals surface area contributed by atoms with Crippen LogP contribution >= 0.6 is 11.3 Å². The van der Waals surface area contributed by atoms with Crippen molar-refractivity contribution in [2.75, 3.05) is 7.11 Å². The maximum absolute atomic E-state index is 12.5. The molecule has 0 bridgehead atoms. The van der Waals surface area contributed by atoms with E-state index in [0.717, 1.165) is 40.9 Å². The average Bonchev–Trinajstić information content (AvgIpc) is 3.29. The highest BCUT2D eigenvalue weighted by Crippen LogP contribution is 2.31. The first kappa shape index (κ1) is 23.7. The van der Waals surface area contributed by atoms with Crippen LogP contribution in [0.25, 0.3) is 10.2 Å². The third-order valence-corrected chi connectivity index (χ3v) is 6.69. The monoisotopic (exact) mass is 475 g/mol. The molecule has 0 aliphatic heterocycles. The summed E-state index contributed by atoms with van der Waals surface area (Å²) in [6, 6.07) is 17.6. The number of hydrogen-bond donors (Lipinski definition) is 1. The Hall–Kier alpha value is -3.45. The lowest BCUT2D eigenvalue weighted by molar-refractivity contribution is -0.121. The Morgan fingerprint density at radius 3 is 2.68 bits per heavy atom. The van der Waals surface area contributed by atoms with Crippen LogP contribution in [0.2, 0.25) is 0 Å². The van der Waals surface area contributed by atoms with Crippen LogP contribution in [-0.2, 0) is 17.8 Å². The fourth-order valence-corrected chi connectivity index (χ4v) is 4.71. The molecule has 0 radical (unpaired) electrons. The van der Waals surface area contributed by atoms with E-state index in [1.165, 1.54) is 4.70 Å². The number of nitrogens with one attached hydrogen (secondary N) is 1. The zero-order valence-corrected chi connectivity index (χ0v) is 20.3. The fourth-order valence-electron chi connectivity index (χ4n) is 3.70. The van der Waals surface area contributed by atoms with Gasteiger partial charge in [-0.25, -0.2) is 4.98 Å². The number of methoxy groups -OCH3 is 1. The molecule has 0 fully saturated rings. The quantitative estimate of drug-likeness (QED) is 0.275. The lowest BCUT2D eigenvalue weighted by atomic mass is 10.1. The minimum Gasteiger partial charge on any atom is -0.493 e. The van der Waals surface area contributed by atoms with Crippen molar-refractivity contribution in [1.82, 2.24) is 15.3 Å². The maximum Gasteiger partial charge on any atom is 0.220 e. The van der Waals surface area contributed by atoms with Crippen molar-refractivity contribution in [3.63, 3.8) is 0 Å². The molecule has 4 rings (SSSR count). The predicted octanol–water partition coefficient (Wildman–Crippen LogP) is 5.87. The van der Waals surface area contributed by atoms with Gasteiger partial charge < -0.3 is 14.8 Å². The van der Waals surface area contributed by atoms with Crippen molar-refractivity contribution in [2.45, 2.75) is 45.3 Å². The number of hydrogen-bond acceptors (Lipinski definition) is 6. The number of aromatic nitrogens is 2. The zero-order valence-electron chi connectivity index (χ0n) is 19.5. The maximum atomic E-state index is 12.5. The molecular weight excluding hydrogens is 446 g/mol. The van der Waals surface area contributed by atoms with E-state index in [4.69, 9.17) is 9.47 Å². The summed E-state index contributed by atoms with van der Waals surface area (Å²) in [7, 11) is 1.62. The molecule has 0 aliphatic rings. The minimum atomic E-state index is -0.125. The molecule has 2 aromatic carbocycles. The largest absolute Gasteiger partial charge is 0.493 e. The highest BCUT2D eigenvalue weighted by atomic mass is 32.1. The molecule has 1 atom stereocenters. The molecule has 4 aromatic rings. The molecule has 34 heavy (non-hydrogen) atoms. The summed E-state index contributed by atoms with van der Waals surface area (Å²) in [6.07, 6.45) is 6.66. The molecule has 6 nitrogen and oxygen atoms in total. The SMILES string of the molecule is COc1cc(C(C)NC(=O)CCCCc2nc3ccccc3s2)ccc1OCc1ccncc1. The topological polar surface area (TPSA) is 73.3 Å². The number of benzene rings is 2. The summed E-state index contributed by atoms with van der Waals surface area (Å²) in [5.74, 6) is 1.36. The summed E-state index contributed by atoms with van der Waals surface area (Å²) >= 11 is 1.73. The Labute approximate surface area is 204 Å². The third kappa shape index (κ3) is 6.32. The van der Waals surface area contributed by atoms with Gasteiger partial charge in [-0.05, 0) is 73.7 Å². The summed E-state index contributed by atoms with van der Waals surface area (Å²) in [5.41, 5.74) is 3.05. The standard InChI is InChI=1S/C27H29N3O3S/c1-19(21-11-12-23(24(17-21)32-2)33-18-20-13-15-28-16-14-20)29-26(31)9-5-6-10-27-30-22-7-3-4-8-25(22)34-27/h3-4,7-8,11-17,19H,5-6,9-10,18H2,1-2H3,(H,29,31). The van der Waals surface area contributed by atoms with E-state index in [0.29, 0.717) is 24.5 Å². The van der Waals surface area contributed by atoms with E-state index in [-0.39, 0.29) is 11.9 Å². The van der Waals surface area contributed by atoms with E-state index < -0.39 is 0 Å². The number of carbonyl (C=O) groups is 1. The number of amides is 1. The van der Waals surface area contributed by atoms with Crippen molar-refractivity contribution in [2.24, 2.45) is 0 Å². The zero-order chi connectivity index (χ0) is 23.8. The van der Waals surface area contributed by atoms with Gasteiger partial charge in [0.05, 0.1) is 28.4 Å². The Kier molecular flexibility index (Phi) is 8.09. The first-order chi connectivity index (χ1) is 16.6. The van der Waals surface area contributed by atoms with Gasteiger partial charge in [0.1, 0.15) is 6.61 Å². The van der Waals surface area contributed by atoms with E-state index in [1.54, 1.807) is 30.8 Å². The number of carbonyl (C=O) groups excluding carboxylic acids is 1. The van der Waals surface area contributed by atoms with Gasteiger partial charge in [-0.2, -0.15) is 0 Å². The molecule has 0 saturated carbocycles. The molecule has 0 aliphatic carbocycles. The van der Waals surface area contributed by atoms with Crippen LogP contribution in [-0.4, -0.2) is 23.0 Å². The number of thiazole rings is 1. The van der Waals surface area contributed by atoms with Crippen molar-refractivity contribution < 1.29 is 14.3 Å². The van der Waals surface area contributed by atoms with Crippen molar-refractivity contribution in [3.05, 3.63) is 83.1 Å². The summed E-state index contributed by atoms with van der Waals surface area (Å²) < 4.78 is 12.6. The van der Waals surface area contributed by atoms with Gasteiger partial charge in [0.25, 0.3) is 0 Å². The van der Waals surface area contributed by atoms with Gasteiger partial charge in [-0.15, -0.1) is 11.3 Å². The highest BCUT2D eigenvalue weighted by Gasteiger charge is 2.13. The molecular formula is C27H29N3O3S. The number of para-hydroxylation sites is 1. The van der Waals surface area contributed by atoms with Gasteiger partial charge in [0, 0.05) is 18.8 Å². The van der Waals surface area contributed by atoms with Crippen LogP contribution in [0.1, 0.15) is 48.4 Å². The molecule has 2 aromatic heterocycles. The molecule has 7 heteroatoms. The Morgan fingerprint density at radius 1 is 1.06 bits per heavy atom. The minimum absolute atomic E-state index is 0.0498. The number of pyridine rings is 1. The number of nitrogens with zero attached hydrogens (tertiary/aromatic N) is 2. The van der Waals surface area contributed by atoms with Crippen molar-refractivity contribution >= 4 is 27.5 Å². The van der Waals surface area contributed by atoms with Crippen LogP contribution in [0.5, 0.6) is 11.5 Å². The number of ether oxygens (including phenoxy) is 2. The number of unbranched alkanes of at least 4 members (excludes halogenated alkanes) is 1. The second-order valence-electron chi connectivity index (χ2n) is 8.13. The van der Waals surface area contributed by atoms with Gasteiger partial charge in [0.15, 0.2) is 11.5 Å². The van der Waals surface area contributed by atoms with E-state index >= 15 is 0 Å². The summed E-state index contributed by atoms with van der Waals surface area (Å²) in [4.78, 5) is 21.2. The van der Waals surface area contributed by atoms with Crippen LogP contribution in [0.15, 0.2) is 67.0 Å². The third-order valence-electron chi connectivity index (χ3n) is 5.59.